The number of hydrogen-bond donors (Lipinski definition) is 2. The highest BCUT2D eigenvalue weighted by molar-refractivity contribution is 5.77. The monoisotopic (exact) mass is 300 g/mol. The van der Waals surface area contributed by atoms with E-state index in [9.17, 15) is 9.59 Å². The summed E-state index contributed by atoms with van der Waals surface area (Å²) >= 11 is 0. The third kappa shape index (κ3) is 15.1. The lowest BCUT2D eigenvalue weighted by Crippen LogP contribution is -2.33. The number of carbonyl (C=O) groups excluding carboxylic acids is 2. The Morgan fingerprint density at radius 2 is 1.62 bits per heavy atom. The van der Waals surface area contributed by atoms with Crippen molar-refractivity contribution in [3.05, 3.63) is 0 Å². The first-order valence-electron chi connectivity index (χ1n) is 8.05. The maximum absolute atomic E-state index is 11.4. The highest BCUT2D eigenvalue weighted by Crippen LogP contribution is 2.01. The molecule has 0 heterocycles. The third-order valence-electron chi connectivity index (χ3n) is 2.81. The zero-order chi connectivity index (χ0) is 16.1. The number of unbranched alkanes of at least 4 members (excludes halogenated alkanes) is 3. The fourth-order valence-electron chi connectivity index (χ4n) is 1.88. The minimum absolute atomic E-state index is 0.0575. The molecule has 124 valence electrons. The second-order valence-electron chi connectivity index (χ2n) is 6.14. The van der Waals surface area contributed by atoms with Crippen LogP contribution in [0.2, 0.25) is 0 Å². The molecule has 2 amide bonds. The van der Waals surface area contributed by atoms with Crippen molar-refractivity contribution in [2.75, 3.05) is 19.8 Å². The lowest BCUT2D eigenvalue weighted by molar-refractivity contribution is -0.126. The number of ether oxygens (including phenoxy) is 1. The number of carbonyl (C=O) groups is 2. The van der Waals surface area contributed by atoms with Crippen LogP contribution in [-0.2, 0) is 14.3 Å². The smallest absolute Gasteiger partial charge is 0.246 e. The largest absolute Gasteiger partial charge is 0.372 e. The predicted molar refractivity (Wildman–Crippen MR) is 85.0 cm³/mol. The van der Waals surface area contributed by atoms with E-state index >= 15 is 0 Å². The van der Waals surface area contributed by atoms with E-state index in [0.29, 0.717) is 18.9 Å². The van der Waals surface area contributed by atoms with Gasteiger partial charge in [-0.15, -0.1) is 0 Å². The van der Waals surface area contributed by atoms with Crippen LogP contribution in [0.25, 0.3) is 0 Å². The molecule has 5 heteroatoms. The topological polar surface area (TPSA) is 67.4 Å². The molecule has 21 heavy (non-hydrogen) atoms. The van der Waals surface area contributed by atoms with E-state index in [-0.39, 0.29) is 24.5 Å². The second-order valence-corrected chi connectivity index (χ2v) is 6.14. The molecule has 0 spiro atoms. The van der Waals surface area contributed by atoms with Crippen molar-refractivity contribution in [3.63, 3.8) is 0 Å². The van der Waals surface area contributed by atoms with Gasteiger partial charge in [-0.05, 0) is 32.6 Å². The van der Waals surface area contributed by atoms with Gasteiger partial charge in [-0.1, -0.05) is 26.7 Å². The van der Waals surface area contributed by atoms with Crippen LogP contribution in [-0.4, -0.2) is 37.6 Å². The van der Waals surface area contributed by atoms with Crippen LogP contribution in [0.4, 0.5) is 0 Å². The molecule has 0 saturated heterocycles. The average Bonchev–Trinajstić information content (AvgIpc) is 2.34. The van der Waals surface area contributed by atoms with Crippen molar-refractivity contribution in [1.29, 1.82) is 0 Å². The Morgan fingerprint density at radius 3 is 2.24 bits per heavy atom. The molecule has 0 atom stereocenters. The van der Waals surface area contributed by atoms with Gasteiger partial charge in [0, 0.05) is 25.6 Å². The van der Waals surface area contributed by atoms with E-state index in [1.165, 1.54) is 0 Å². The number of hydrogen-bond acceptors (Lipinski definition) is 3. The average molecular weight is 300 g/mol. The van der Waals surface area contributed by atoms with Crippen LogP contribution in [0.15, 0.2) is 0 Å². The Labute approximate surface area is 129 Å². The quantitative estimate of drug-likeness (QED) is 0.543. The lowest BCUT2D eigenvalue weighted by atomic mass is 10.1. The van der Waals surface area contributed by atoms with Crippen molar-refractivity contribution in [3.8, 4) is 0 Å². The normalized spacial score (nSPS) is 11.0. The van der Waals surface area contributed by atoms with Gasteiger partial charge >= 0.3 is 0 Å². The van der Waals surface area contributed by atoms with Gasteiger partial charge in [0.15, 0.2) is 0 Å². The van der Waals surface area contributed by atoms with E-state index < -0.39 is 0 Å². The minimum atomic E-state index is -0.0575. The van der Waals surface area contributed by atoms with Crippen molar-refractivity contribution in [2.24, 2.45) is 5.92 Å². The van der Waals surface area contributed by atoms with Gasteiger partial charge < -0.3 is 15.4 Å². The van der Waals surface area contributed by atoms with Crippen molar-refractivity contribution < 1.29 is 14.3 Å². The fourth-order valence-corrected chi connectivity index (χ4v) is 1.88. The van der Waals surface area contributed by atoms with Gasteiger partial charge in [0.05, 0.1) is 0 Å². The molecule has 0 aromatic heterocycles. The molecule has 0 rings (SSSR count). The highest BCUT2D eigenvalue weighted by atomic mass is 16.5. The molecule has 2 N–H and O–H groups in total. The van der Waals surface area contributed by atoms with E-state index in [1.54, 1.807) is 0 Å². The van der Waals surface area contributed by atoms with Crippen molar-refractivity contribution in [1.82, 2.24) is 10.6 Å². The Hall–Kier alpha value is -1.10. The van der Waals surface area contributed by atoms with Crippen LogP contribution in [0, 0.1) is 5.92 Å². The summed E-state index contributed by atoms with van der Waals surface area (Å²) in [6.45, 7) is 9.45. The molecule has 0 unspecified atom stereocenters. The Morgan fingerprint density at radius 1 is 0.952 bits per heavy atom. The Balaban J connectivity index is 3.26. The second kappa shape index (κ2) is 12.6. The number of amides is 2. The van der Waals surface area contributed by atoms with Crippen LogP contribution < -0.4 is 10.6 Å². The van der Waals surface area contributed by atoms with Gasteiger partial charge in [0.1, 0.15) is 6.61 Å². The van der Waals surface area contributed by atoms with E-state index in [2.05, 4.69) is 10.6 Å². The minimum Gasteiger partial charge on any atom is -0.372 e. The van der Waals surface area contributed by atoms with Crippen molar-refractivity contribution in [2.45, 2.75) is 65.8 Å². The Bertz CT molecular complexity index is 263. The van der Waals surface area contributed by atoms with Gasteiger partial charge in [-0.25, -0.2) is 0 Å². The number of nitrogens with one attached hydrogen (secondary N) is 2. The molecular formula is C16H32N2O3. The van der Waals surface area contributed by atoms with Crippen LogP contribution in [0.3, 0.4) is 0 Å². The first-order chi connectivity index (χ1) is 9.91. The third-order valence-corrected chi connectivity index (χ3v) is 2.81. The van der Waals surface area contributed by atoms with E-state index in [1.807, 2.05) is 27.7 Å². The predicted octanol–water partition coefficient (Wildman–Crippen LogP) is 2.25. The molecular weight excluding hydrogens is 268 g/mol. The van der Waals surface area contributed by atoms with Gasteiger partial charge in [0.25, 0.3) is 0 Å². The molecule has 0 aliphatic heterocycles. The molecule has 5 nitrogen and oxygen atoms in total. The van der Waals surface area contributed by atoms with Crippen molar-refractivity contribution >= 4 is 11.8 Å². The SMILES string of the molecule is CC(C)CC(=O)NCCCCCCOCC(=O)NC(C)C. The van der Waals surface area contributed by atoms with E-state index in [0.717, 1.165) is 32.2 Å². The van der Waals surface area contributed by atoms with Gasteiger partial charge in [-0.2, -0.15) is 0 Å². The zero-order valence-electron chi connectivity index (χ0n) is 14.0. The Kier molecular flexibility index (Phi) is 12.0. The summed E-state index contributed by atoms with van der Waals surface area (Å²) in [5, 5.41) is 5.71. The fraction of sp³-hybridized carbons (Fsp3) is 0.875. The summed E-state index contributed by atoms with van der Waals surface area (Å²) in [7, 11) is 0. The molecule has 0 saturated carbocycles. The molecule has 0 aliphatic carbocycles. The maximum Gasteiger partial charge on any atom is 0.246 e. The summed E-state index contributed by atoms with van der Waals surface area (Å²) in [4.78, 5) is 22.7. The molecule has 0 aromatic rings. The first kappa shape index (κ1) is 19.9. The molecule has 0 fully saturated rings. The summed E-state index contributed by atoms with van der Waals surface area (Å²) in [5.74, 6) is 0.498. The molecule has 0 aromatic carbocycles. The highest BCUT2D eigenvalue weighted by Gasteiger charge is 2.04. The summed E-state index contributed by atoms with van der Waals surface area (Å²) in [5.41, 5.74) is 0. The molecule has 0 radical (unpaired) electrons. The van der Waals surface area contributed by atoms with Crippen LogP contribution in [0.1, 0.15) is 59.8 Å². The summed E-state index contributed by atoms with van der Waals surface area (Å²) in [6, 6.07) is 0.159. The standard InChI is InChI=1S/C16H32N2O3/c1-13(2)11-15(19)17-9-7-5-6-8-10-21-12-16(20)18-14(3)4/h13-14H,5-12H2,1-4H3,(H,17,19)(H,18,20). The molecule has 0 bridgehead atoms. The lowest BCUT2D eigenvalue weighted by Gasteiger charge is -2.09. The summed E-state index contributed by atoms with van der Waals surface area (Å²) < 4.78 is 5.30. The van der Waals surface area contributed by atoms with Gasteiger partial charge in [-0.3, -0.25) is 9.59 Å². The van der Waals surface area contributed by atoms with Gasteiger partial charge in [0.2, 0.25) is 11.8 Å². The number of rotatable bonds is 12. The summed E-state index contributed by atoms with van der Waals surface area (Å²) in [6.07, 6.45) is 4.69. The molecule has 0 aliphatic rings. The van der Waals surface area contributed by atoms with Crippen LogP contribution >= 0.6 is 0 Å². The first-order valence-corrected chi connectivity index (χ1v) is 8.05. The zero-order valence-corrected chi connectivity index (χ0v) is 14.0. The van der Waals surface area contributed by atoms with E-state index in [4.69, 9.17) is 4.74 Å². The maximum atomic E-state index is 11.4. The van der Waals surface area contributed by atoms with Crippen LogP contribution in [0.5, 0.6) is 0 Å².